The summed E-state index contributed by atoms with van der Waals surface area (Å²) >= 11 is 0. The fourth-order valence-electron chi connectivity index (χ4n) is 2.27. The Kier molecular flexibility index (Phi) is 2.16. The fraction of sp³-hybridized carbons (Fsp3) is 0.462. The van der Waals surface area contributed by atoms with Crippen LogP contribution in [0.2, 0.25) is 0 Å². The second kappa shape index (κ2) is 4.34. The molecule has 1 aromatic carbocycles. The Labute approximate surface area is 99.1 Å². The summed E-state index contributed by atoms with van der Waals surface area (Å²) in [5.41, 5.74) is -0.688. The highest BCUT2D eigenvalue weighted by Gasteiger charge is 2.39. The van der Waals surface area contributed by atoms with Crippen molar-refractivity contribution in [2.45, 2.75) is 31.2 Å². The number of ketones is 1. The lowest BCUT2D eigenvalue weighted by atomic mass is 9.75. The van der Waals surface area contributed by atoms with Gasteiger partial charge in [-0.3, -0.25) is 4.79 Å². The molecule has 16 heavy (non-hydrogen) atoms. The summed E-state index contributed by atoms with van der Waals surface area (Å²) in [5.74, 6) is -0.544. The third-order valence-electron chi connectivity index (χ3n) is 3.23. The van der Waals surface area contributed by atoms with Crippen molar-refractivity contribution in [3.63, 3.8) is 0 Å². The molecule has 1 fully saturated rings. The maximum absolute atomic E-state index is 13.0. The first-order valence-electron chi connectivity index (χ1n) is 6.92. The number of carbonyl (C=O) groups is 1. The van der Waals surface area contributed by atoms with E-state index >= 15 is 0 Å². The summed E-state index contributed by atoms with van der Waals surface area (Å²) in [7, 11) is 0. The third kappa shape index (κ3) is 1.76. The molecule has 1 aromatic rings. The highest BCUT2D eigenvalue weighted by atomic mass is 19.1. The normalized spacial score (nSPS) is 29.3. The van der Waals surface area contributed by atoms with Crippen molar-refractivity contribution in [3.05, 3.63) is 35.6 Å². The van der Waals surface area contributed by atoms with Crippen LogP contribution in [0.5, 0.6) is 0 Å². The van der Waals surface area contributed by atoms with Gasteiger partial charge in [-0.25, -0.2) is 4.39 Å². The van der Waals surface area contributed by atoms with Crippen LogP contribution in [0.1, 0.15) is 35.4 Å². The predicted molar refractivity (Wildman–Crippen MR) is 60.6 cm³/mol. The Morgan fingerprint density at radius 1 is 1.38 bits per heavy atom. The number of Topliss-reactive ketones (excluding diaryl/α,β-unsaturated/α-hetero) is 1. The fourth-order valence-corrected chi connectivity index (χ4v) is 2.27. The van der Waals surface area contributed by atoms with Gasteiger partial charge in [-0.2, -0.15) is 0 Å². The second-order valence-electron chi connectivity index (χ2n) is 4.17. The van der Waals surface area contributed by atoms with Crippen LogP contribution in [0, 0.1) is 5.82 Å². The van der Waals surface area contributed by atoms with Crippen molar-refractivity contribution in [3.8, 4) is 0 Å². The molecule has 0 spiro atoms. The van der Waals surface area contributed by atoms with E-state index in [-0.39, 0.29) is 5.78 Å². The monoisotopic (exact) mass is 224 g/mol. The lowest BCUT2D eigenvalue weighted by Crippen LogP contribution is -2.49. The molecule has 86 valence electrons. The highest BCUT2D eigenvalue weighted by Crippen LogP contribution is 2.34. The van der Waals surface area contributed by atoms with Crippen LogP contribution in [-0.4, -0.2) is 12.8 Å². The first-order valence-corrected chi connectivity index (χ1v) is 5.42. The van der Waals surface area contributed by atoms with Gasteiger partial charge in [0.1, 0.15) is 11.4 Å². The average Bonchev–Trinajstić information content (AvgIpc) is 2.31. The maximum Gasteiger partial charge on any atom is 0.157 e. The molecule has 1 aliphatic carbocycles. The summed E-state index contributed by atoms with van der Waals surface area (Å²) in [5, 5.41) is 2.49. The molecule has 0 radical (unpaired) electrons. The smallest absolute Gasteiger partial charge is 0.157 e. The number of halogens is 1. The molecule has 0 saturated heterocycles. The number of benzene rings is 1. The Balaban J connectivity index is 2.44. The van der Waals surface area contributed by atoms with E-state index in [9.17, 15) is 9.18 Å². The van der Waals surface area contributed by atoms with E-state index in [1.807, 2.05) is 0 Å². The van der Waals surface area contributed by atoms with E-state index in [0.29, 0.717) is 18.4 Å². The second-order valence-corrected chi connectivity index (χ2v) is 4.17. The number of carbonyl (C=O) groups excluding carboxylic acids is 1. The quantitative estimate of drug-likeness (QED) is 0.835. The number of hydrogen-bond acceptors (Lipinski definition) is 2. The molecule has 0 amide bonds. The molecular weight excluding hydrogens is 205 g/mol. The van der Waals surface area contributed by atoms with E-state index in [0.717, 1.165) is 12.8 Å². The zero-order chi connectivity index (χ0) is 14.1. The molecular formula is C13H16FNO. The molecule has 1 atom stereocenters. The summed E-state index contributed by atoms with van der Waals surface area (Å²) in [4.78, 5) is 12.3. The zero-order valence-corrected chi connectivity index (χ0v) is 8.92. The summed E-state index contributed by atoms with van der Waals surface area (Å²) in [6.45, 7) is -2.42. The number of rotatable bonds is 2. The largest absolute Gasteiger partial charge is 0.304 e. The standard InChI is InChI=1S/C13H16FNO/c1-15-13(9-3-2-4-12(13)16)10-5-7-11(14)8-6-10/h5-8,15H,2-4,9H2,1H3/t13-/m1/s1/i1D3. The van der Waals surface area contributed by atoms with Gasteiger partial charge < -0.3 is 5.32 Å². The van der Waals surface area contributed by atoms with Crippen molar-refractivity contribution in [2.24, 2.45) is 0 Å². The van der Waals surface area contributed by atoms with Gasteiger partial charge in [0, 0.05) is 10.5 Å². The van der Waals surface area contributed by atoms with Crippen LogP contribution in [-0.2, 0) is 10.3 Å². The molecule has 0 aliphatic heterocycles. The molecule has 1 aliphatic rings. The molecule has 1 saturated carbocycles. The van der Waals surface area contributed by atoms with Gasteiger partial charge in [-0.1, -0.05) is 18.6 Å². The Morgan fingerprint density at radius 2 is 2.12 bits per heavy atom. The average molecular weight is 224 g/mol. The van der Waals surface area contributed by atoms with Gasteiger partial charge in [0.25, 0.3) is 0 Å². The summed E-state index contributed by atoms with van der Waals surface area (Å²) in [6, 6.07) is 5.47. The molecule has 0 aromatic heterocycles. The SMILES string of the molecule is [2H]C([2H])([2H])N[C@@]1(c2ccc(F)cc2)CCCCC1=O. The van der Waals surface area contributed by atoms with Gasteiger partial charge in [0.15, 0.2) is 5.78 Å². The van der Waals surface area contributed by atoms with Gasteiger partial charge in [-0.15, -0.1) is 0 Å². The van der Waals surface area contributed by atoms with E-state index in [2.05, 4.69) is 5.32 Å². The first-order chi connectivity index (χ1) is 8.83. The highest BCUT2D eigenvalue weighted by molar-refractivity contribution is 5.90. The first kappa shape index (κ1) is 7.96. The van der Waals surface area contributed by atoms with E-state index < -0.39 is 18.3 Å². The number of nitrogens with one attached hydrogen (secondary N) is 1. The minimum atomic E-state index is -2.42. The lowest BCUT2D eigenvalue weighted by Gasteiger charge is -2.36. The van der Waals surface area contributed by atoms with Gasteiger partial charge >= 0.3 is 0 Å². The third-order valence-corrected chi connectivity index (χ3v) is 3.23. The Hall–Kier alpha value is -1.22. The van der Waals surface area contributed by atoms with Gasteiger partial charge in [-0.05, 0) is 37.5 Å². The molecule has 3 heteroatoms. The van der Waals surface area contributed by atoms with Crippen molar-refractivity contribution in [1.82, 2.24) is 5.32 Å². The van der Waals surface area contributed by atoms with Crippen molar-refractivity contribution in [1.29, 1.82) is 0 Å². The van der Waals surface area contributed by atoms with E-state index in [1.165, 1.54) is 24.3 Å². The number of likely N-dealkylation sites (N-methyl/N-ethyl adjacent to an activating group) is 1. The van der Waals surface area contributed by atoms with E-state index in [1.54, 1.807) is 0 Å². The zero-order valence-electron chi connectivity index (χ0n) is 11.9. The lowest BCUT2D eigenvalue weighted by molar-refractivity contribution is -0.127. The van der Waals surface area contributed by atoms with Crippen LogP contribution in [0.3, 0.4) is 0 Å². The molecule has 0 unspecified atom stereocenters. The van der Waals surface area contributed by atoms with Crippen molar-refractivity contribution >= 4 is 5.78 Å². The molecule has 0 bridgehead atoms. The molecule has 1 N–H and O–H groups in total. The van der Waals surface area contributed by atoms with Gasteiger partial charge in [0.2, 0.25) is 0 Å². The summed E-state index contributed by atoms with van der Waals surface area (Å²) in [6.07, 6.45) is 2.31. The minimum Gasteiger partial charge on any atom is -0.304 e. The van der Waals surface area contributed by atoms with E-state index in [4.69, 9.17) is 4.11 Å². The predicted octanol–water partition coefficient (Wildman–Crippen LogP) is 2.38. The van der Waals surface area contributed by atoms with Crippen LogP contribution >= 0.6 is 0 Å². The molecule has 2 rings (SSSR count). The van der Waals surface area contributed by atoms with Crippen LogP contribution in [0.25, 0.3) is 0 Å². The maximum atomic E-state index is 13.0. The van der Waals surface area contributed by atoms with Crippen LogP contribution < -0.4 is 5.32 Å². The van der Waals surface area contributed by atoms with Crippen molar-refractivity contribution < 1.29 is 13.3 Å². The van der Waals surface area contributed by atoms with Crippen LogP contribution in [0.4, 0.5) is 4.39 Å². The Bertz CT molecular complexity index is 472. The summed E-state index contributed by atoms with van der Waals surface area (Å²) < 4.78 is 35.1. The Morgan fingerprint density at radius 3 is 2.75 bits per heavy atom. The van der Waals surface area contributed by atoms with Crippen molar-refractivity contribution in [2.75, 3.05) is 6.98 Å². The minimum absolute atomic E-state index is 0.138. The van der Waals surface area contributed by atoms with Crippen LogP contribution in [0.15, 0.2) is 24.3 Å². The number of hydrogen-bond donors (Lipinski definition) is 1. The molecule has 0 heterocycles. The topological polar surface area (TPSA) is 29.1 Å². The molecule has 2 nitrogen and oxygen atoms in total. The van der Waals surface area contributed by atoms with Gasteiger partial charge in [0.05, 0.1) is 0 Å².